The average Bonchev–Trinajstić information content (AvgIpc) is 2.77. The van der Waals surface area contributed by atoms with E-state index in [1.165, 1.54) is 19.3 Å². The van der Waals surface area contributed by atoms with Crippen molar-refractivity contribution in [1.29, 1.82) is 0 Å². The Labute approximate surface area is 86.0 Å². The van der Waals surface area contributed by atoms with Crippen LogP contribution in [-0.4, -0.2) is 18.0 Å². The quantitative estimate of drug-likeness (QED) is 0.693. The van der Waals surface area contributed by atoms with E-state index < -0.39 is 0 Å². The highest BCUT2D eigenvalue weighted by atomic mass is 16.5. The van der Waals surface area contributed by atoms with Crippen LogP contribution in [-0.2, 0) is 9.53 Å². The molecule has 14 heavy (non-hydrogen) atoms. The second-order valence-corrected chi connectivity index (χ2v) is 4.72. The molecule has 1 aliphatic heterocycles. The van der Waals surface area contributed by atoms with Crippen LogP contribution in [0.3, 0.4) is 0 Å². The molecule has 0 bridgehead atoms. The lowest BCUT2D eigenvalue weighted by Gasteiger charge is -2.19. The van der Waals surface area contributed by atoms with E-state index in [0.29, 0.717) is 12.4 Å². The second kappa shape index (κ2) is 4.01. The standard InChI is InChI=1S/C12H20O2/c1-2-3-6-10-9-14-12(11(10)13)7-4-5-8-12/h10H,2-9H2,1H3. The molecular weight excluding hydrogens is 176 g/mol. The molecule has 1 atom stereocenters. The van der Waals surface area contributed by atoms with E-state index in [0.717, 1.165) is 25.7 Å². The fourth-order valence-electron chi connectivity index (χ4n) is 2.78. The highest BCUT2D eigenvalue weighted by Gasteiger charge is 2.49. The average molecular weight is 196 g/mol. The van der Waals surface area contributed by atoms with Crippen molar-refractivity contribution in [3.8, 4) is 0 Å². The van der Waals surface area contributed by atoms with Crippen LogP contribution in [0.15, 0.2) is 0 Å². The van der Waals surface area contributed by atoms with Gasteiger partial charge in [0.05, 0.1) is 6.61 Å². The second-order valence-electron chi connectivity index (χ2n) is 4.72. The Balaban J connectivity index is 1.96. The van der Waals surface area contributed by atoms with Crippen LogP contribution in [0.1, 0.15) is 51.9 Å². The summed E-state index contributed by atoms with van der Waals surface area (Å²) >= 11 is 0. The lowest BCUT2D eigenvalue weighted by molar-refractivity contribution is -0.132. The van der Waals surface area contributed by atoms with Crippen LogP contribution in [0, 0.1) is 5.92 Å². The van der Waals surface area contributed by atoms with Crippen molar-refractivity contribution in [3.05, 3.63) is 0 Å². The van der Waals surface area contributed by atoms with E-state index in [1.54, 1.807) is 0 Å². The van der Waals surface area contributed by atoms with E-state index in [2.05, 4.69) is 6.92 Å². The van der Waals surface area contributed by atoms with Crippen molar-refractivity contribution in [2.45, 2.75) is 57.5 Å². The molecule has 0 N–H and O–H groups in total. The molecule has 0 amide bonds. The zero-order chi connectivity index (χ0) is 10.0. The number of hydrogen-bond acceptors (Lipinski definition) is 2. The van der Waals surface area contributed by atoms with Gasteiger partial charge >= 0.3 is 0 Å². The van der Waals surface area contributed by atoms with Crippen LogP contribution in [0.25, 0.3) is 0 Å². The maximum atomic E-state index is 12.1. The third-order valence-corrected chi connectivity index (χ3v) is 3.70. The van der Waals surface area contributed by atoms with Crippen molar-refractivity contribution < 1.29 is 9.53 Å². The molecule has 1 unspecified atom stereocenters. The maximum Gasteiger partial charge on any atom is 0.169 e. The van der Waals surface area contributed by atoms with Crippen molar-refractivity contribution in [2.24, 2.45) is 5.92 Å². The van der Waals surface area contributed by atoms with Crippen LogP contribution >= 0.6 is 0 Å². The highest BCUT2D eigenvalue weighted by molar-refractivity contribution is 5.91. The number of rotatable bonds is 3. The summed E-state index contributed by atoms with van der Waals surface area (Å²) < 4.78 is 5.77. The molecule has 1 aliphatic carbocycles. The topological polar surface area (TPSA) is 26.3 Å². The number of carbonyl (C=O) groups is 1. The van der Waals surface area contributed by atoms with Gasteiger partial charge in [0.1, 0.15) is 5.60 Å². The Morgan fingerprint density at radius 2 is 2.14 bits per heavy atom. The summed E-state index contributed by atoms with van der Waals surface area (Å²) in [6.07, 6.45) is 7.69. The van der Waals surface area contributed by atoms with Crippen LogP contribution in [0.4, 0.5) is 0 Å². The summed E-state index contributed by atoms with van der Waals surface area (Å²) in [7, 11) is 0. The van der Waals surface area contributed by atoms with Crippen molar-refractivity contribution in [3.63, 3.8) is 0 Å². The minimum Gasteiger partial charge on any atom is -0.366 e. The summed E-state index contributed by atoms with van der Waals surface area (Å²) in [5, 5.41) is 0. The molecule has 80 valence electrons. The Hall–Kier alpha value is -0.370. The third-order valence-electron chi connectivity index (χ3n) is 3.70. The first-order valence-electron chi connectivity index (χ1n) is 5.97. The first-order valence-corrected chi connectivity index (χ1v) is 5.97. The van der Waals surface area contributed by atoms with Gasteiger partial charge in [-0.2, -0.15) is 0 Å². The maximum absolute atomic E-state index is 12.1. The highest BCUT2D eigenvalue weighted by Crippen LogP contribution is 2.41. The molecule has 2 nitrogen and oxygen atoms in total. The van der Waals surface area contributed by atoms with Gasteiger partial charge in [-0.15, -0.1) is 0 Å². The number of carbonyl (C=O) groups excluding carboxylic acids is 1. The van der Waals surface area contributed by atoms with Gasteiger partial charge in [-0.1, -0.05) is 19.8 Å². The van der Waals surface area contributed by atoms with Crippen molar-refractivity contribution in [1.82, 2.24) is 0 Å². The molecule has 2 fully saturated rings. The number of ether oxygens (including phenoxy) is 1. The third kappa shape index (κ3) is 1.60. The molecule has 2 aliphatic rings. The molecule has 2 rings (SSSR count). The Morgan fingerprint density at radius 3 is 2.79 bits per heavy atom. The van der Waals surface area contributed by atoms with Gasteiger partial charge in [-0.3, -0.25) is 4.79 Å². The molecule has 1 saturated carbocycles. The van der Waals surface area contributed by atoms with Gasteiger partial charge in [0.15, 0.2) is 5.78 Å². The van der Waals surface area contributed by atoms with E-state index in [4.69, 9.17) is 4.74 Å². The van der Waals surface area contributed by atoms with Crippen LogP contribution in [0.2, 0.25) is 0 Å². The summed E-state index contributed by atoms with van der Waals surface area (Å²) in [6.45, 7) is 2.87. The Bertz CT molecular complexity index is 216. The van der Waals surface area contributed by atoms with Gasteiger partial charge < -0.3 is 4.74 Å². The number of ketones is 1. The van der Waals surface area contributed by atoms with E-state index in [-0.39, 0.29) is 11.5 Å². The summed E-state index contributed by atoms with van der Waals surface area (Å²) in [5.41, 5.74) is -0.321. The molecule has 1 saturated heterocycles. The fraction of sp³-hybridized carbons (Fsp3) is 0.917. The number of Topliss-reactive ketones (excluding diaryl/α,β-unsaturated/α-hetero) is 1. The lowest BCUT2D eigenvalue weighted by atomic mass is 9.88. The predicted octanol–water partition coefficient (Wildman–Crippen LogP) is 2.70. The normalized spacial score (nSPS) is 30.4. The molecule has 1 heterocycles. The number of unbranched alkanes of at least 4 members (excludes halogenated alkanes) is 1. The van der Waals surface area contributed by atoms with Gasteiger partial charge in [0, 0.05) is 5.92 Å². The molecular formula is C12H20O2. The van der Waals surface area contributed by atoms with Gasteiger partial charge in [0.2, 0.25) is 0 Å². The van der Waals surface area contributed by atoms with Gasteiger partial charge in [0.25, 0.3) is 0 Å². The molecule has 0 aromatic carbocycles. The first-order chi connectivity index (χ1) is 6.78. The van der Waals surface area contributed by atoms with Crippen LogP contribution < -0.4 is 0 Å². The SMILES string of the molecule is CCCCC1COC2(CCCC2)C1=O. The smallest absolute Gasteiger partial charge is 0.169 e. The molecule has 0 aromatic rings. The Morgan fingerprint density at radius 1 is 1.43 bits per heavy atom. The first kappa shape index (κ1) is 10.2. The fourth-order valence-corrected chi connectivity index (χ4v) is 2.78. The summed E-state index contributed by atoms with van der Waals surface area (Å²) in [4.78, 5) is 12.1. The Kier molecular flexibility index (Phi) is 2.91. The minimum absolute atomic E-state index is 0.216. The minimum atomic E-state index is -0.321. The molecule has 2 heteroatoms. The zero-order valence-corrected chi connectivity index (χ0v) is 9.05. The van der Waals surface area contributed by atoms with Crippen molar-refractivity contribution >= 4 is 5.78 Å². The predicted molar refractivity (Wildman–Crippen MR) is 55.2 cm³/mol. The molecule has 0 aromatic heterocycles. The van der Waals surface area contributed by atoms with Gasteiger partial charge in [-0.05, 0) is 32.1 Å². The zero-order valence-electron chi connectivity index (χ0n) is 9.05. The summed E-state index contributed by atoms with van der Waals surface area (Å²) in [6, 6.07) is 0. The monoisotopic (exact) mass is 196 g/mol. The van der Waals surface area contributed by atoms with E-state index >= 15 is 0 Å². The largest absolute Gasteiger partial charge is 0.366 e. The molecule has 1 spiro atoms. The lowest BCUT2D eigenvalue weighted by Crippen LogP contribution is -2.34. The summed E-state index contributed by atoms with van der Waals surface area (Å²) in [5.74, 6) is 0.636. The van der Waals surface area contributed by atoms with Crippen molar-refractivity contribution in [2.75, 3.05) is 6.61 Å². The van der Waals surface area contributed by atoms with Gasteiger partial charge in [-0.25, -0.2) is 0 Å². The van der Waals surface area contributed by atoms with Crippen LogP contribution in [0.5, 0.6) is 0 Å². The molecule has 0 radical (unpaired) electrons. The number of hydrogen-bond donors (Lipinski definition) is 0. The van der Waals surface area contributed by atoms with E-state index in [1.807, 2.05) is 0 Å². The van der Waals surface area contributed by atoms with E-state index in [9.17, 15) is 4.79 Å².